The molecular weight excluding hydrogens is 94.0 g/mol. The second-order valence-electron chi connectivity index (χ2n) is 1.19. The summed E-state index contributed by atoms with van der Waals surface area (Å²) >= 11 is 0. The van der Waals surface area contributed by atoms with Gasteiger partial charge in [-0.15, -0.1) is 6.20 Å². The van der Waals surface area contributed by atoms with E-state index in [4.69, 9.17) is 0 Å². The zero-order valence-electron chi connectivity index (χ0n) is 3.84. The van der Waals surface area contributed by atoms with Crippen molar-refractivity contribution in [1.82, 2.24) is 4.57 Å². The zero-order valence-corrected chi connectivity index (χ0v) is 3.84. The van der Waals surface area contributed by atoms with E-state index in [1.54, 1.807) is 7.05 Å². The van der Waals surface area contributed by atoms with Crippen molar-refractivity contribution >= 4 is 0 Å². The molecule has 0 radical (unpaired) electrons. The quantitative estimate of drug-likeness (QED) is 0.420. The van der Waals surface area contributed by atoms with Crippen molar-refractivity contribution in [2.75, 3.05) is 0 Å². The van der Waals surface area contributed by atoms with Crippen molar-refractivity contribution < 1.29 is 4.42 Å². The second kappa shape index (κ2) is 1.26. The first-order valence-electron chi connectivity index (χ1n) is 1.83. The summed E-state index contributed by atoms with van der Waals surface area (Å²) in [5, 5.41) is 0. The Labute approximate surface area is 40.2 Å². The number of aryl methyl sites for hydroxylation is 1. The molecule has 3 nitrogen and oxygen atoms in total. The number of hydrogen-bond donors (Lipinski definition) is 0. The van der Waals surface area contributed by atoms with Gasteiger partial charge in [0.25, 0.3) is 5.76 Å². The molecule has 1 aromatic rings. The third-order valence-corrected chi connectivity index (χ3v) is 0.680. The highest BCUT2D eigenvalue weighted by molar-refractivity contribution is 4.62. The molecule has 0 atom stereocenters. The summed E-state index contributed by atoms with van der Waals surface area (Å²) in [4.78, 5) is 10.2. The number of rotatable bonds is 0. The normalized spacial score (nSPS) is 9.29. The van der Waals surface area contributed by atoms with Crippen LogP contribution in [0.4, 0.5) is 0 Å². The average Bonchev–Trinajstić information content (AvgIpc) is 1.91. The molecule has 0 bridgehead atoms. The SMILES string of the molecule is Cn1[c-]coc1=O. The molecule has 0 saturated carbocycles. The molecule has 3 heteroatoms. The lowest BCUT2D eigenvalue weighted by Crippen LogP contribution is -2.07. The van der Waals surface area contributed by atoms with E-state index >= 15 is 0 Å². The number of oxazole rings is 1. The molecule has 0 saturated heterocycles. The van der Waals surface area contributed by atoms with Gasteiger partial charge >= 0.3 is 0 Å². The van der Waals surface area contributed by atoms with Gasteiger partial charge in [-0.25, -0.2) is 0 Å². The lowest BCUT2D eigenvalue weighted by Gasteiger charge is -1.88. The number of aromatic nitrogens is 1. The lowest BCUT2D eigenvalue weighted by atomic mass is 10.9. The summed E-state index contributed by atoms with van der Waals surface area (Å²) in [6, 6.07) is 0. The van der Waals surface area contributed by atoms with Gasteiger partial charge in [0, 0.05) is 0 Å². The fourth-order valence-corrected chi connectivity index (χ4v) is 0.288. The summed E-state index contributed by atoms with van der Waals surface area (Å²) in [5.41, 5.74) is 0. The lowest BCUT2D eigenvalue weighted by molar-refractivity contribution is 0.494. The Kier molecular flexibility index (Phi) is 0.749. The molecule has 0 amide bonds. The van der Waals surface area contributed by atoms with E-state index in [0.717, 1.165) is 0 Å². The summed E-state index contributed by atoms with van der Waals surface area (Å²) in [7, 11) is 1.58. The summed E-state index contributed by atoms with van der Waals surface area (Å²) in [6.45, 7) is 0. The van der Waals surface area contributed by atoms with Crippen molar-refractivity contribution in [2.45, 2.75) is 0 Å². The maximum absolute atomic E-state index is 10.2. The van der Waals surface area contributed by atoms with E-state index in [9.17, 15) is 4.79 Å². The van der Waals surface area contributed by atoms with Gasteiger partial charge in [0.15, 0.2) is 0 Å². The average molecular weight is 98.1 g/mol. The van der Waals surface area contributed by atoms with Crippen LogP contribution in [0.3, 0.4) is 0 Å². The molecule has 38 valence electrons. The maximum atomic E-state index is 10.2. The highest BCUT2D eigenvalue weighted by Gasteiger charge is 1.70. The van der Waals surface area contributed by atoms with Gasteiger partial charge in [0.1, 0.15) is 0 Å². The van der Waals surface area contributed by atoms with E-state index in [2.05, 4.69) is 10.6 Å². The minimum Gasteiger partial charge on any atom is -0.522 e. The third-order valence-electron chi connectivity index (χ3n) is 0.680. The molecule has 0 aliphatic heterocycles. The third kappa shape index (κ3) is 0.559. The Bertz CT molecular complexity index is 197. The molecule has 1 rings (SSSR count). The molecule has 0 aromatic carbocycles. The highest BCUT2D eigenvalue weighted by Crippen LogP contribution is 1.69. The Morgan fingerprint density at radius 1 is 2.00 bits per heavy atom. The topological polar surface area (TPSA) is 35.1 Å². The fourth-order valence-electron chi connectivity index (χ4n) is 0.288. The largest absolute Gasteiger partial charge is 0.522 e. The predicted octanol–water partition coefficient (Wildman–Crippen LogP) is -0.222. The van der Waals surface area contributed by atoms with Crippen LogP contribution >= 0.6 is 0 Å². The summed E-state index contributed by atoms with van der Waals surface area (Å²) < 4.78 is 5.55. The maximum Gasteiger partial charge on any atom is 0.252 e. The Hall–Kier alpha value is -0.990. The van der Waals surface area contributed by atoms with Crippen LogP contribution < -0.4 is 5.76 Å². The molecular formula is C4H4NO2-. The smallest absolute Gasteiger partial charge is 0.252 e. The van der Waals surface area contributed by atoms with Crippen LogP contribution in [0.5, 0.6) is 0 Å². The molecule has 0 unspecified atom stereocenters. The van der Waals surface area contributed by atoms with E-state index in [0.29, 0.717) is 0 Å². The Morgan fingerprint density at radius 2 is 2.71 bits per heavy atom. The fraction of sp³-hybridized carbons (Fsp3) is 0.250. The number of nitrogens with zero attached hydrogens (tertiary/aromatic N) is 1. The first-order chi connectivity index (χ1) is 3.30. The molecule has 1 aromatic heterocycles. The first-order valence-corrected chi connectivity index (χ1v) is 1.83. The van der Waals surface area contributed by atoms with E-state index in [1.165, 1.54) is 10.8 Å². The minimum atomic E-state index is -0.375. The van der Waals surface area contributed by atoms with Crippen LogP contribution in [0, 0.1) is 6.20 Å². The molecule has 7 heavy (non-hydrogen) atoms. The summed E-state index contributed by atoms with van der Waals surface area (Å²) in [6.07, 6.45) is 3.73. The Morgan fingerprint density at radius 3 is 2.86 bits per heavy atom. The van der Waals surface area contributed by atoms with Crippen molar-refractivity contribution in [3.63, 3.8) is 0 Å². The van der Waals surface area contributed by atoms with Gasteiger partial charge in [-0.3, -0.25) is 0 Å². The molecule has 0 N–H and O–H groups in total. The van der Waals surface area contributed by atoms with Crippen LogP contribution in [-0.4, -0.2) is 4.57 Å². The summed E-state index contributed by atoms with van der Waals surface area (Å²) in [5.74, 6) is -0.375. The highest BCUT2D eigenvalue weighted by atomic mass is 16.4. The van der Waals surface area contributed by atoms with Crippen LogP contribution in [0.25, 0.3) is 0 Å². The van der Waals surface area contributed by atoms with E-state index in [-0.39, 0.29) is 5.76 Å². The monoisotopic (exact) mass is 98.0 g/mol. The van der Waals surface area contributed by atoms with Gasteiger partial charge in [0.2, 0.25) is 0 Å². The zero-order chi connectivity index (χ0) is 5.28. The van der Waals surface area contributed by atoms with Crippen LogP contribution in [0.1, 0.15) is 0 Å². The van der Waals surface area contributed by atoms with Crippen molar-refractivity contribution in [3.05, 3.63) is 23.0 Å². The Balaban J connectivity index is 3.39. The van der Waals surface area contributed by atoms with E-state index < -0.39 is 0 Å². The second-order valence-corrected chi connectivity index (χ2v) is 1.19. The predicted molar refractivity (Wildman–Crippen MR) is 22.8 cm³/mol. The molecule has 0 aliphatic carbocycles. The van der Waals surface area contributed by atoms with Crippen LogP contribution in [0.15, 0.2) is 15.5 Å². The van der Waals surface area contributed by atoms with Crippen molar-refractivity contribution in [1.29, 1.82) is 0 Å². The standard InChI is InChI=1S/C4H4NO2/c1-5-2-3-7-4(5)6/h3H,1H3/q-1. The van der Waals surface area contributed by atoms with Gasteiger partial charge in [0.05, 0.1) is 0 Å². The van der Waals surface area contributed by atoms with Gasteiger partial charge in [-0.2, -0.15) is 0 Å². The van der Waals surface area contributed by atoms with Crippen LogP contribution in [0.2, 0.25) is 0 Å². The number of hydrogen-bond acceptors (Lipinski definition) is 2. The van der Waals surface area contributed by atoms with Gasteiger partial charge in [-0.1, -0.05) is 0 Å². The minimum absolute atomic E-state index is 0.375. The first kappa shape index (κ1) is 4.18. The molecule has 1 heterocycles. The van der Waals surface area contributed by atoms with E-state index in [1.807, 2.05) is 0 Å². The van der Waals surface area contributed by atoms with Crippen molar-refractivity contribution in [2.24, 2.45) is 7.05 Å². The van der Waals surface area contributed by atoms with Crippen LogP contribution in [-0.2, 0) is 7.05 Å². The van der Waals surface area contributed by atoms with Crippen molar-refractivity contribution in [3.8, 4) is 0 Å². The van der Waals surface area contributed by atoms with Gasteiger partial charge in [-0.05, 0) is 13.3 Å². The van der Waals surface area contributed by atoms with Gasteiger partial charge < -0.3 is 13.8 Å². The molecule has 0 aliphatic rings. The molecule has 0 spiro atoms. The molecule has 0 fully saturated rings.